The second-order valence-corrected chi connectivity index (χ2v) is 16.9. The second-order valence-electron chi connectivity index (χ2n) is 12.1. The van der Waals surface area contributed by atoms with Crippen molar-refractivity contribution in [1.82, 2.24) is 0 Å². The van der Waals surface area contributed by atoms with E-state index in [1.165, 1.54) is 5.57 Å². The van der Waals surface area contributed by atoms with E-state index in [1.807, 2.05) is 18.2 Å². The van der Waals surface area contributed by atoms with Gasteiger partial charge in [0.05, 0.1) is 23.9 Å². The van der Waals surface area contributed by atoms with Crippen molar-refractivity contribution >= 4 is 14.3 Å². The Kier molecular flexibility index (Phi) is 6.22. The van der Waals surface area contributed by atoms with E-state index in [9.17, 15) is 9.90 Å². The van der Waals surface area contributed by atoms with Crippen LogP contribution in [0.15, 0.2) is 42.0 Å². The summed E-state index contributed by atoms with van der Waals surface area (Å²) in [6.45, 7) is 15.7. The van der Waals surface area contributed by atoms with Crippen LogP contribution in [0.4, 0.5) is 0 Å². The largest absolute Gasteiger partial charge is 0.461 e. The van der Waals surface area contributed by atoms with Crippen molar-refractivity contribution in [3.63, 3.8) is 0 Å². The van der Waals surface area contributed by atoms with E-state index in [2.05, 4.69) is 53.8 Å². The van der Waals surface area contributed by atoms with E-state index in [0.29, 0.717) is 12.0 Å². The predicted molar refractivity (Wildman–Crippen MR) is 132 cm³/mol. The first kappa shape index (κ1) is 24.6. The van der Waals surface area contributed by atoms with Gasteiger partial charge >= 0.3 is 5.97 Å². The molecular formula is C27H40O5Si. The molecule has 0 spiro atoms. The van der Waals surface area contributed by atoms with Crippen LogP contribution in [-0.2, 0) is 13.9 Å². The van der Waals surface area contributed by atoms with Gasteiger partial charge in [-0.05, 0) is 56.5 Å². The van der Waals surface area contributed by atoms with Crippen molar-refractivity contribution in [2.24, 2.45) is 10.8 Å². The Hall–Kier alpha value is -1.47. The number of rotatable bonds is 5. The lowest BCUT2D eigenvalue weighted by Gasteiger charge is -2.59. The topological polar surface area (TPSA) is 65.0 Å². The van der Waals surface area contributed by atoms with Gasteiger partial charge in [0.15, 0.2) is 8.32 Å². The summed E-state index contributed by atoms with van der Waals surface area (Å²) >= 11 is 0. The SMILES string of the molecule is CC1=C[C@H]2O[C@@H]3[C@H](O)C[C@@](COC(=O)c4ccccc4)([C@@H]3O[Si](C)(C)C(C)(C)C)[C@@]2(C)CC1. The van der Waals surface area contributed by atoms with Gasteiger partial charge in [-0.3, -0.25) is 0 Å². The molecule has 33 heavy (non-hydrogen) atoms. The fourth-order valence-electron chi connectivity index (χ4n) is 5.69. The van der Waals surface area contributed by atoms with Crippen molar-refractivity contribution in [3.8, 4) is 0 Å². The monoisotopic (exact) mass is 472 g/mol. The maximum Gasteiger partial charge on any atom is 0.338 e. The third kappa shape index (κ3) is 4.03. The quantitative estimate of drug-likeness (QED) is 0.348. The summed E-state index contributed by atoms with van der Waals surface area (Å²) in [6.07, 6.45) is 3.11. The van der Waals surface area contributed by atoms with E-state index < -0.39 is 25.9 Å². The Morgan fingerprint density at radius 3 is 2.55 bits per heavy atom. The molecule has 1 aromatic carbocycles. The van der Waals surface area contributed by atoms with Gasteiger partial charge in [0.2, 0.25) is 0 Å². The van der Waals surface area contributed by atoms with Gasteiger partial charge in [-0.1, -0.05) is 57.5 Å². The summed E-state index contributed by atoms with van der Waals surface area (Å²) < 4.78 is 19.6. The first-order valence-electron chi connectivity index (χ1n) is 12.2. The van der Waals surface area contributed by atoms with Crippen LogP contribution in [0, 0.1) is 10.8 Å². The van der Waals surface area contributed by atoms with Crippen molar-refractivity contribution in [3.05, 3.63) is 47.5 Å². The third-order valence-electron chi connectivity index (χ3n) is 9.04. The van der Waals surface area contributed by atoms with Gasteiger partial charge in [0.25, 0.3) is 0 Å². The highest BCUT2D eigenvalue weighted by Gasteiger charge is 2.70. The van der Waals surface area contributed by atoms with Crippen LogP contribution >= 0.6 is 0 Å². The molecular weight excluding hydrogens is 432 g/mol. The molecule has 2 aliphatic carbocycles. The van der Waals surface area contributed by atoms with Crippen LogP contribution in [0.3, 0.4) is 0 Å². The average Bonchev–Trinajstić information content (AvgIpc) is 2.95. The number of benzene rings is 1. The number of ether oxygens (including phenoxy) is 2. The van der Waals surface area contributed by atoms with Crippen LogP contribution in [-0.4, -0.2) is 50.4 Å². The highest BCUT2D eigenvalue weighted by molar-refractivity contribution is 6.74. The van der Waals surface area contributed by atoms with Crippen LogP contribution in [0.2, 0.25) is 18.1 Å². The van der Waals surface area contributed by atoms with Gasteiger partial charge in [0.1, 0.15) is 12.7 Å². The molecule has 6 heteroatoms. The number of allylic oxidation sites excluding steroid dienone is 1. The minimum absolute atomic E-state index is 0.0140. The Bertz CT molecular complexity index is 920. The van der Waals surface area contributed by atoms with Gasteiger partial charge in [-0.15, -0.1) is 0 Å². The Balaban J connectivity index is 1.73. The van der Waals surface area contributed by atoms with E-state index in [0.717, 1.165) is 12.8 Å². The summed E-state index contributed by atoms with van der Waals surface area (Å²) in [4.78, 5) is 12.9. The van der Waals surface area contributed by atoms with Gasteiger partial charge in [-0.2, -0.15) is 0 Å². The molecule has 1 aromatic rings. The number of aliphatic hydroxyl groups excluding tert-OH is 1. The highest BCUT2D eigenvalue weighted by atomic mass is 28.4. The average molecular weight is 473 g/mol. The molecule has 0 amide bonds. The summed E-state index contributed by atoms with van der Waals surface area (Å²) in [7, 11) is -2.18. The fraction of sp³-hybridized carbons (Fsp3) is 0.667. The number of aliphatic hydroxyl groups is 1. The standard InChI is InChI=1S/C27H40O5Si/c1-18-13-14-26(5)21(15-18)31-22-20(28)16-27(26,23(22)32-33(6,7)25(2,3)4)17-30-24(29)19-11-9-8-10-12-19/h8-12,15,20-23,28H,13-14,16-17H2,1-7H3/t20-,21-,22-,23-,26+,27-/m1/s1. The van der Waals surface area contributed by atoms with E-state index in [4.69, 9.17) is 13.9 Å². The van der Waals surface area contributed by atoms with Crippen LogP contribution in [0.1, 0.15) is 64.2 Å². The molecule has 1 N–H and O–H groups in total. The first-order valence-corrected chi connectivity index (χ1v) is 15.1. The molecule has 1 aliphatic heterocycles. The molecule has 0 radical (unpaired) electrons. The zero-order valence-electron chi connectivity index (χ0n) is 21.2. The smallest absolute Gasteiger partial charge is 0.338 e. The number of hydrogen-bond acceptors (Lipinski definition) is 5. The first-order chi connectivity index (χ1) is 15.3. The number of esters is 1. The third-order valence-corrected chi connectivity index (χ3v) is 13.5. The van der Waals surface area contributed by atoms with Crippen molar-refractivity contribution in [2.45, 2.75) is 96.4 Å². The predicted octanol–water partition coefficient (Wildman–Crippen LogP) is 5.50. The van der Waals surface area contributed by atoms with Crippen LogP contribution in [0.5, 0.6) is 0 Å². The molecule has 0 unspecified atom stereocenters. The summed E-state index contributed by atoms with van der Waals surface area (Å²) in [5.74, 6) is -0.330. The van der Waals surface area contributed by atoms with Gasteiger partial charge in [0, 0.05) is 10.8 Å². The van der Waals surface area contributed by atoms with Crippen LogP contribution < -0.4 is 0 Å². The molecule has 182 valence electrons. The minimum atomic E-state index is -2.18. The van der Waals surface area contributed by atoms with Crippen molar-refractivity contribution in [2.75, 3.05) is 6.61 Å². The second kappa shape index (κ2) is 8.33. The molecule has 5 nitrogen and oxygen atoms in total. The Morgan fingerprint density at radius 1 is 1.24 bits per heavy atom. The van der Waals surface area contributed by atoms with Crippen molar-refractivity contribution in [1.29, 1.82) is 0 Å². The summed E-state index contributed by atoms with van der Waals surface area (Å²) in [5, 5.41) is 11.2. The lowest BCUT2D eigenvalue weighted by molar-refractivity contribution is -0.225. The lowest BCUT2D eigenvalue weighted by Crippen LogP contribution is -2.65. The zero-order chi connectivity index (χ0) is 24.2. The summed E-state index contributed by atoms with van der Waals surface area (Å²) in [6, 6.07) is 9.12. The lowest BCUT2D eigenvalue weighted by atomic mass is 9.54. The molecule has 2 bridgehead atoms. The van der Waals surface area contributed by atoms with E-state index >= 15 is 0 Å². The maximum absolute atomic E-state index is 12.9. The van der Waals surface area contributed by atoms with E-state index in [-0.39, 0.29) is 35.2 Å². The molecule has 2 fully saturated rings. The molecule has 1 heterocycles. The molecule has 1 saturated carbocycles. The Labute approximate surface area is 199 Å². The number of carbonyl (C=O) groups is 1. The normalized spacial score (nSPS) is 36.2. The van der Waals surface area contributed by atoms with E-state index in [1.54, 1.807) is 12.1 Å². The molecule has 6 atom stereocenters. The Morgan fingerprint density at radius 2 is 1.91 bits per heavy atom. The fourth-order valence-corrected chi connectivity index (χ4v) is 7.04. The van der Waals surface area contributed by atoms with Gasteiger partial charge in [-0.25, -0.2) is 4.79 Å². The number of carbonyl (C=O) groups excluding carboxylic acids is 1. The molecule has 0 aromatic heterocycles. The molecule has 1 saturated heterocycles. The van der Waals surface area contributed by atoms with Crippen molar-refractivity contribution < 1.29 is 23.8 Å². The number of hydrogen-bond donors (Lipinski definition) is 1. The van der Waals surface area contributed by atoms with Crippen LogP contribution in [0.25, 0.3) is 0 Å². The van der Waals surface area contributed by atoms with Gasteiger partial charge < -0.3 is 19.0 Å². The number of fused-ring (bicyclic) bond motifs is 4. The molecule has 3 aliphatic rings. The minimum Gasteiger partial charge on any atom is -0.461 e. The molecule has 4 rings (SSSR count). The highest BCUT2D eigenvalue weighted by Crippen LogP contribution is 2.64. The maximum atomic E-state index is 12.9. The zero-order valence-corrected chi connectivity index (χ0v) is 22.2. The summed E-state index contributed by atoms with van der Waals surface area (Å²) in [5.41, 5.74) is 1.03.